The van der Waals surface area contributed by atoms with E-state index in [1.54, 1.807) is 11.3 Å². The third kappa shape index (κ3) is 2.13. The van der Waals surface area contributed by atoms with Crippen molar-refractivity contribution in [2.45, 2.75) is 18.5 Å². The Balaban J connectivity index is 2.50. The van der Waals surface area contributed by atoms with Gasteiger partial charge in [0.25, 0.3) is 5.56 Å². The van der Waals surface area contributed by atoms with Crippen LogP contribution in [0.15, 0.2) is 16.0 Å². The van der Waals surface area contributed by atoms with Gasteiger partial charge in [0.2, 0.25) is 0 Å². The maximum atomic E-state index is 11.7. The van der Waals surface area contributed by atoms with E-state index in [2.05, 4.69) is 22.8 Å². The molecule has 0 radical (unpaired) electrons. The van der Waals surface area contributed by atoms with Gasteiger partial charge in [-0.1, -0.05) is 24.6 Å². The zero-order valence-corrected chi connectivity index (χ0v) is 10.4. The normalized spacial score (nSPS) is 10.5. The number of aryl methyl sites for hydroxylation is 1. The smallest absolute Gasteiger partial charge is 0.260 e. The number of nitrogens with one attached hydrogen (secondary N) is 1. The summed E-state index contributed by atoms with van der Waals surface area (Å²) >= 11 is 2.93. The number of aromatic nitrogens is 2. The van der Waals surface area contributed by atoms with Gasteiger partial charge >= 0.3 is 0 Å². The Labute approximate surface area is 101 Å². The van der Waals surface area contributed by atoms with Gasteiger partial charge in [0.15, 0.2) is 5.16 Å². The minimum absolute atomic E-state index is 0.0829. The lowest BCUT2D eigenvalue weighted by molar-refractivity contribution is 0.982. The molecule has 2 rings (SSSR count). The number of terminal acetylenes is 1. The number of fused-ring (bicyclic) bond motifs is 1. The molecule has 0 spiro atoms. The van der Waals surface area contributed by atoms with Gasteiger partial charge in [0.05, 0.1) is 11.1 Å². The van der Waals surface area contributed by atoms with Gasteiger partial charge in [-0.15, -0.1) is 17.8 Å². The van der Waals surface area contributed by atoms with Crippen LogP contribution in [-0.4, -0.2) is 15.7 Å². The third-order valence-electron chi connectivity index (χ3n) is 2.07. The second-order valence-electron chi connectivity index (χ2n) is 3.15. The van der Waals surface area contributed by atoms with Crippen LogP contribution in [0.4, 0.5) is 0 Å². The van der Waals surface area contributed by atoms with Gasteiger partial charge in [0, 0.05) is 4.88 Å². The summed E-state index contributed by atoms with van der Waals surface area (Å²) in [4.78, 5) is 20.8. The molecule has 0 bridgehead atoms. The molecule has 2 aromatic rings. The molecule has 0 aliphatic rings. The molecule has 3 nitrogen and oxygen atoms in total. The molecular formula is C11H10N2OS2. The lowest BCUT2D eigenvalue weighted by Crippen LogP contribution is -2.07. The average Bonchev–Trinajstić information content (AvgIpc) is 2.70. The van der Waals surface area contributed by atoms with Crippen molar-refractivity contribution in [3.63, 3.8) is 0 Å². The average molecular weight is 250 g/mol. The summed E-state index contributed by atoms with van der Waals surface area (Å²) in [6.07, 6.45) is 6.09. The largest absolute Gasteiger partial charge is 0.301 e. The number of hydrogen-bond acceptors (Lipinski definition) is 4. The Morgan fingerprint density at radius 1 is 1.69 bits per heavy atom. The van der Waals surface area contributed by atoms with Crippen molar-refractivity contribution >= 4 is 33.3 Å². The topological polar surface area (TPSA) is 45.8 Å². The molecular weight excluding hydrogens is 240 g/mol. The highest BCUT2D eigenvalue weighted by molar-refractivity contribution is 7.99. The van der Waals surface area contributed by atoms with Crippen LogP contribution in [-0.2, 0) is 6.42 Å². The monoisotopic (exact) mass is 250 g/mol. The first-order valence-corrected chi connectivity index (χ1v) is 6.63. The Kier molecular flexibility index (Phi) is 3.32. The minimum atomic E-state index is -0.0829. The minimum Gasteiger partial charge on any atom is -0.301 e. The third-order valence-corrected chi connectivity index (χ3v) is 4.02. The first kappa shape index (κ1) is 11.2. The molecule has 82 valence electrons. The molecule has 0 aliphatic heterocycles. The summed E-state index contributed by atoms with van der Waals surface area (Å²) < 4.78 is 0. The van der Waals surface area contributed by atoms with Crippen LogP contribution in [0.5, 0.6) is 0 Å². The predicted molar refractivity (Wildman–Crippen MR) is 69.2 cm³/mol. The van der Waals surface area contributed by atoms with E-state index >= 15 is 0 Å². The maximum absolute atomic E-state index is 11.7. The summed E-state index contributed by atoms with van der Waals surface area (Å²) in [5.74, 6) is 3.02. The van der Waals surface area contributed by atoms with Crippen molar-refractivity contribution < 1.29 is 0 Å². The molecule has 0 aromatic carbocycles. The molecule has 1 N–H and O–H groups in total. The van der Waals surface area contributed by atoms with Crippen molar-refractivity contribution in [1.82, 2.24) is 9.97 Å². The first-order chi connectivity index (χ1) is 7.74. The number of aromatic amines is 1. The number of nitrogens with zero attached hydrogens (tertiary/aromatic N) is 1. The Morgan fingerprint density at radius 3 is 3.19 bits per heavy atom. The van der Waals surface area contributed by atoms with E-state index in [4.69, 9.17) is 6.42 Å². The SMILES string of the molecule is C#CCSc1nc2sc(CC)cc2c(=O)[nH]1. The van der Waals surface area contributed by atoms with Crippen molar-refractivity contribution in [3.8, 4) is 12.3 Å². The number of rotatable bonds is 3. The molecule has 0 atom stereocenters. The zero-order valence-electron chi connectivity index (χ0n) is 8.74. The predicted octanol–water partition coefficient (Wildman–Crippen LogP) is 2.27. The molecule has 0 aliphatic carbocycles. The standard InChI is InChI=1S/C11H10N2OS2/c1-3-5-15-11-12-9(14)8-6-7(4-2)16-10(8)13-11/h1,6H,4-5H2,2H3,(H,12,13,14). The number of thioether (sulfide) groups is 1. The van der Waals surface area contributed by atoms with Crippen molar-refractivity contribution in [2.75, 3.05) is 5.75 Å². The maximum Gasteiger partial charge on any atom is 0.260 e. The molecule has 0 amide bonds. The van der Waals surface area contributed by atoms with Gasteiger partial charge in [0.1, 0.15) is 4.83 Å². The molecule has 2 heterocycles. The van der Waals surface area contributed by atoms with E-state index in [0.717, 1.165) is 11.3 Å². The lowest BCUT2D eigenvalue weighted by atomic mass is 10.3. The van der Waals surface area contributed by atoms with Crippen molar-refractivity contribution in [1.29, 1.82) is 0 Å². The van der Waals surface area contributed by atoms with E-state index in [-0.39, 0.29) is 5.56 Å². The van der Waals surface area contributed by atoms with Crippen LogP contribution >= 0.6 is 23.1 Å². The van der Waals surface area contributed by atoms with Crippen LogP contribution in [0.25, 0.3) is 10.2 Å². The summed E-state index contributed by atoms with van der Waals surface area (Å²) in [6, 6.07) is 1.90. The quantitative estimate of drug-likeness (QED) is 0.516. The van der Waals surface area contributed by atoms with Gasteiger partial charge in [-0.3, -0.25) is 4.79 Å². The van der Waals surface area contributed by atoms with Gasteiger partial charge in [-0.2, -0.15) is 0 Å². The molecule has 0 fully saturated rings. The molecule has 0 saturated carbocycles. The van der Waals surface area contributed by atoms with Crippen LogP contribution in [0.1, 0.15) is 11.8 Å². The Hall–Kier alpha value is -1.25. The zero-order chi connectivity index (χ0) is 11.5. The van der Waals surface area contributed by atoms with Crippen molar-refractivity contribution in [3.05, 3.63) is 21.3 Å². The lowest BCUT2D eigenvalue weighted by Gasteiger charge is -1.95. The first-order valence-electron chi connectivity index (χ1n) is 4.83. The second kappa shape index (κ2) is 4.73. The summed E-state index contributed by atoms with van der Waals surface area (Å²) in [5, 5.41) is 1.27. The molecule has 5 heteroatoms. The molecule has 2 aromatic heterocycles. The van der Waals surface area contributed by atoms with Crippen LogP contribution in [0.3, 0.4) is 0 Å². The molecule has 0 unspecified atom stereocenters. The van der Waals surface area contributed by atoms with E-state index in [1.165, 1.54) is 16.6 Å². The number of hydrogen-bond donors (Lipinski definition) is 1. The fourth-order valence-corrected chi connectivity index (χ4v) is 2.88. The van der Waals surface area contributed by atoms with Gasteiger partial charge < -0.3 is 4.98 Å². The highest BCUT2D eigenvalue weighted by Crippen LogP contribution is 2.23. The summed E-state index contributed by atoms with van der Waals surface area (Å²) in [5.41, 5.74) is -0.0829. The fourth-order valence-electron chi connectivity index (χ4n) is 1.31. The van der Waals surface area contributed by atoms with Gasteiger partial charge in [-0.05, 0) is 12.5 Å². The Morgan fingerprint density at radius 2 is 2.50 bits per heavy atom. The van der Waals surface area contributed by atoms with E-state index in [9.17, 15) is 4.79 Å². The van der Waals surface area contributed by atoms with Crippen molar-refractivity contribution in [2.24, 2.45) is 0 Å². The molecule has 16 heavy (non-hydrogen) atoms. The Bertz CT molecular complexity index is 606. The summed E-state index contributed by atoms with van der Waals surface area (Å²) in [7, 11) is 0. The molecule has 0 saturated heterocycles. The number of H-pyrrole nitrogens is 1. The van der Waals surface area contributed by atoms with Crippen LogP contribution in [0, 0.1) is 12.3 Å². The van der Waals surface area contributed by atoms with Crippen LogP contribution < -0.4 is 5.56 Å². The fraction of sp³-hybridized carbons (Fsp3) is 0.273. The highest BCUT2D eigenvalue weighted by Gasteiger charge is 2.07. The van der Waals surface area contributed by atoms with E-state index in [1.807, 2.05) is 6.07 Å². The number of thiophene rings is 1. The second-order valence-corrected chi connectivity index (χ2v) is 5.23. The van der Waals surface area contributed by atoms with Crippen LogP contribution in [0.2, 0.25) is 0 Å². The summed E-state index contributed by atoms with van der Waals surface area (Å²) in [6.45, 7) is 2.06. The van der Waals surface area contributed by atoms with E-state index in [0.29, 0.717) is 16.3 Å². The van der Waals surface area contributed by atoms with E-state index < -0.39 is 0 Å². The highest BCUT2D eigenvalue weighted by atomic mass is 32.2. The van der Waals surface area contributed by atoms with Gasteiger partial charge in [-0.25, -0.2) is 4.98 Å².